The van der Waals surface area contributed by atoms with Crippen LogP contribution in [0.2, 0.25) is 0 Å². The number of unbranched alkanes of at least 4 members (excludes halogenated alkanes) is 6. The molecule has 0 atom stereocenters. The molecule has 2 aromatic rings. The third kappa shape index (κ3) is 7.17. The molecule has 1 aliphatic carbocycles. The average molecular weight is 688 g/mol. The van der Waals surface area contributed by atoms with E-state index in [0.717, 1.165) is 60.1 Å². The Hall–Kier alpha value is -4.39. The van der Waals surface area contributed by atoms with Gasteiger partial charge in [-0.3, -0.25) is 4.79 Å². The molecule has 2 saturated heterocycles. The van der Waals surface area contributed by atoms with Crippen molar-refractivity contribution in [3.05, 3.63) is 70.6 Å². The van der Waals surface area contributed by atoms with Crippen molar-refractivity contribution in [3.8, 4) is 22.5 Å². The Balaban J connectivity index is 1.45. The molecule has 13 heteroatoms. The number of rotatable bonds is 13. The van der Waals surface area contributed by atoms with E-state index >= 15 is 8.78 Å². The van der Waals surface area contributed by atoms with Crippen LogP contribution in [0.3, 0.4) is 0 Å². The fraction of sp³-hybridized carbons (Fsp3) is 0.417. The SMILES string of the molecule is NCCCCCCCCCC(=O)c1ccc(C(=O)[O-])c(-c2c3cc(F)c(=[N+]4CC(F)(F)C4)cc-3oc3cc(N4CC(F)(F)C4)c(F)cc23)c1. The number of carbonyl (C=O) groups is 2. The molecule has 3 aliphatic heterocycles. The maximum atomic E-state index is 15.6. The largest absolute Gasteiger partial charge is 0.545 e. The maximum absolute atomic E-state index is 15.6. The Morgan fingerprint density at radius 1 is 0.837 bits per heavy atom. The average Bonchev–Trinajstić information content (AvgIpc) is 3.02. The maximum Gasteiger partial charge on any atom is 0.361 e. The summed E-state index contributed by atoms with van der Waals surface area (Å²) in [6.45, 7) is -2.28. The predicted molar refractivity (Wildman–Crippen MR) is 170 cm³/mol. The molecule has 0 bridgehead atoms. The van der Waals surface area contributed by atoms with Gasteiger partial charge in [0, 0.05) is 40.1 Å². The summed E-state index contributed by atoms with van der Waals surface area (Å²) in [4.78, 5) is 26.8. The van der Waals surface area contributed by atoms with Crippen molar-refractivity contribution >= 4 is 28.4 Å². The lowest BCUT2D eigenvalue weighted by Crippen LogP contribution is -2.58. The van der Waals surface area contributed by atoms with Crippen LogP contribution in [0.5, 0.6) is 0 Å². The van der Waals surface area contributed by atoms with Gasteiger partial charge >= 0.3 is 5.92 Å². The van der Waals surface area contributed by atoms with Crippen LogP contribution < -0.4 is 25.7 Å². The summed E-state index contributed by atoms with van der Waals surface area (Å²) < 4.78 is 93.1. The minimum absolute atomic E-state index is 0.0126. The Morgan fingerprint density at radius 2 is 1.51 bits per heavy atom. The van der Waals surface area contributed by atoms with E-state index in [1.165, 1.54) is 30.3 Å². The number of benzene rings is 3. The summed E-state index contributed by atoms with van der Waals surface area (Å²) in [6, 6.07) is 8.23. The van der Waals surface area contributed by atoms with Crippen molar-refractivity contribution < 1.29 is 45.5 Å². The molecule has 260 valence electrons. The number of anilines is 1. The van der Waals surface area contributed by atoms with Crippen molar-refractivity contribution in [2.45, 2.75) is 63.2 Å². The number of alkyl halides is 4. The summed E-state index contributed by atoms with van der Waals surface area (Å²) in [5.41, 5.74) is 4.95. The van der Waals surface area contributed by atoms with Gasteiger partial charge < -0.3 is 25.0 Å². The Morgan fingerprint density at radius 3 is 2.14 bits per heavy atom. The molecule has 2 N–H and O–H groups in total. The van der Waals surface area contributed by atoms with Crippen molar-refractivity contribution in [1.29, 1.82) is 0 Å². The summed E-state index contributed by atoms with van der Waals surface area (Å²) in [5.74, 6) is -9.80. The molecule has 0 radical (unpaired) electrons. The number of nitrogens with zero attached hydrogens (tertiary/aromatic N) is 2. The lowest BCUT2D eigenvalue weighted by molar-refractivity contribution is -0.254. The van der Waals surface area contributed by atoms with Gasteiger partial charge in [-0.2, -0.15) is 13.2 Å². The molecule has 0 saturated carbocycles. The third-order valence-corrected chi connectivity index (χ3v) is 9.17. The molecule has 3 heterocycles. The van der Waals surface area contributed by atoms with Crippen LogP contribution in [0.1, 0.15) is 72.1 Å². The van der Waals surface area contributed by atoms with Crippen LogP contribution >= 0.6 is 0 Å². The summed E-state index contributed by atoms with van der Waals surface area (Å²) >= 11 is 0. The molecule has 49 heavy (non-hydrogen) atoms. The van der Waals surface area contributed by atoms with Gasteiger partial charge in [0.1, 0.15) is 17.2 Å². The molecule has 4 aliphatic rings. The zero-order chi connectivity index (χ0) is 35.1. The van der Waals surface area contributed by atoms with Gasteiger partial charge in [0.05, 0.1) is 30.8 Å². The minimum atomic E-state index is -3.01. The molecular weight excluding hydrogens is 652 g/mol. The lowest BCUT2D eigenvalue weighted by Gasteiger charge is -2.40. The van der Waals surface area contributed by atoms with Gasteiger partial charge in [-0.1, -0.05) is 44.2 Å². The first-order valence-electron chi connectivity index (χ1n) is 16.3. The Bertz CT molecular complexity index is 1960. The second-order valence-corrected chi connectivity index (χ2v) is 13.0. The second-order valence-electron chi connectivity index (χ2n) is 13.0. The number of halogens is 6. The van der Waals surface area contributed by atoms with Gasteiger partial charge in [-0.25, -0.2) is 17.7 Å². The van der Waals surface area contributed by atoms with Gasteiger partial charge in [0.25, 0.3) is 5.92 Å². The van der Waals surface area contributed by atoms with Gasteiger partial charge in [-0.05, 0) is 43.1 Å². The van der Waals surface area contributed by atoms with E-state index in [2.05, 4.69) is 0 Å². The number of carbonyl (C=O) groups excluding carboxylic acids is 2. The number of hydrogen-bond donors (Lipinski definition) is 1. The zero-order valence-electron chi connectivity index (χ0n) is 26.6. The smallest absolute Gasteiger partial charge is 0.361 e. The quantitative estimate of drug-likeness (QED) is 0.0610. The van der Waals surface area contributed by atoms with Crippen molar-refractivity contribution in [3.63, 3.8) is 0 Å². The first kappa shape index (κ1) is 34.5. The fourth-order valence-corrected chi connectivity index (χ4v) is 6.61. The monoisotopic (exact) mass is 687 g/mol. The second kappa shape index (κ2) is 13.5. The van der Waals surface area contributed by atoms with Crippen LogP contribution in [0.15, 0.2) is 46.9 Å². The van der Waals surface area contributed by atoms with Gasteiger partial charge in [0.15, 0.2) is 11.6 Å². The molecule has 0 aromatic heterocycles. The Kier molecular flexibility index (Phi) is 9.49. The van der Waals surface area contributed by atoms with E-state index < -0.39 is 55.6 Å². The van der Waals surface area contributed by atoms with E-state index in [1.807, 2.05) is 0 Å². The number of aromatic carboxylic acids is 1. The van der Waals surface area contributed by atoms with Crippen LogP contribution in [0.4, 0.5) is 32.0 Å². The molecule has 2 fully saturated rings. The number of ketones is 1. The Labute approximate surface area is 278 Å². The van der Waals surface area contributed by atoms with Gasteiger partial charge in [0.2, 0.25) is 18.4 Å². The highest BCUT2D eigenvalue weighted by atomic mass is 19.3. The van der Waals surface area contributed by atoms with Crippen molar-refractivity contribution in [1.82, 2.24) is 4.58 Å². The zero-order valence-corrected chi connectivity index (χ0v) is 26.6. The first-order valence-corrected chi connectivity index (χ1v) is 16.3. The van der Waals surface area contributed by atoms with E-state index in [4.69, 9.17) is 10.2 Å². The highest BCUT2D eigenvalue weighted by molar-refractivity contribution is 6.09. The van der Waals surface area contributed by atoms with Gasteiger partial charge in [-0.15, -0.1) is 0 Å². The number of fused-ring (bicyclic) bond motifs is 2. The van der Waals surface area contributed by atoms with E-state index in [-0.39, 0.29) is 67.8 Å². The highest BCUT2D eigenvalue weighted by Crippen LogP contribution is 2.44. The number of carboxylic acid groups (broad SMARTS) is 1. The predicted octanol–water partition coefficient (Wildman–Crippen LogP) is 5.98. The molecule has 0 unspecified atom stereocenters. The third-order valence-electron chi connectivity index (χ3n) is 9.17. The lowest BCUT2D eigenvalue weighted by atomic mass is 9.88. The number of Topliss-reactive ketones (excluding diaryl/α,β-unsaturated/α-hetero) is 1. The van der Waals surface area contributed by atoms with Crippen LogP contribution in [-0.2, 0) is 0 Å². The van der Waals surface area contributed by atoms with Crippen molar-refractivity contribution in [2.75, 3.05) is 37.6 Å². The van der Waals surface area contributed by atoms with Crippen molar-refractivity contribution in [2.24, 2.45) is 5.73 Å². The normalized spacial score (nSPS) is 16.6. The van der Waals surface area contributed by atoms with E-state index in [0.29, 0.717) is 13.0 Å². The molecule has 6 rings (SSSR count). The number of nitrogens with two attached hydrogens (primary N) is 1. The minimum Gasteiger partial charge on any atom is -0.545 e. The topological polar surface area (TPSA) is 103 Å². The highest BCUT2D eigenvalue weighted by Gasteiger charge is 2.50. The van der Waals surface area contributed by atoms with E-state index in [1.54, 1.807) is 0 Å². The number of hydrogen-bond acceptors (Lipinski definition) is 6. The van der Waals surface area contributed by atoms with Crippen LogP contribution in [0.25, 0.3) is 33.4 Å². The standard InChI is InChI=1S/C36H35F6N3O4/c37-26-13-24-31(15-28(26)44-17-35(39,40)18-44)49-32-16-29(45-19-36(41,42)20-45)27(38)14-25(32)33(24)23-12-21(9-10-22(23)34(47)48)30(46)8-6-4-2-1-3-5-7-11-43/h9-10,12-16H,1-8,11,17-20,43H2. The number of carboxylic acids is 1. The fourth-order valence-electron chi connectivity index (χ4n) is 6.61. The van der Waals surface area contributed by atoms with Crippen LogP contribution in [-0.4, -0.2) is 56.3 Å². The molecule has 7 nitrogen and oxygen atoms in total. The molecular formula is C36H35F6N3O4. The molecule has 0 amide bonds. The summed E-state index contributed by atoms with van der Waals surface area (Å²) in [6.07, 6.45) is 6.67. The van der Waals surface area contributed by atoms with E-state index in [9.17, 15) is 32.3 Å². The summed E-state index contributed by atoms with van der Waals surface area (Å²) in [7, 11) is 0. The van der Waals surface area contributed by atoms with Crippen LogP contribution in [0, 0.1) is 11.6 Å². The molecule has 0 spiro atoms. The summed E-state index contributed by atoms with van der Waals surface area (Å²) in [5, 5.41) is 12.2. The molecule has 2 aromatic carbocycles. The first-order chi connectivity index (χ1) is 23.3.